The molecule has 0 spiro atoms. The minimum atomic E-state index is 0.728. The van der Waals surface area contributed by atoms with E-state index in [1.165, 1.54) is 12.0 Å². The predicted molar refractivity (Wildman–Crippen MR) is 51.9 cm³/mol. The lowest BCUT2D eigenvalue weighted by atomic mass is 9.95. The Kier molecular flexibility index (Phi) is 1.92. The van der Waals surface area contributed by atoms with E-state index < -0.39 is 0 Å². The van der Waals surface area contributed by atoms with Crippen molar-refractivity contribution < 1.29 is 0 Å². The molecule has 0 heteroatoms. The van der Waals surface area contributed by atoms with Gasteiger partial charge in [-0.05, 0) is 29.7 Å². The second-order valence-electron chi connectivity index (χ2n) is 3.86. The fraction of sp³-hybridized carbons (Fsp3) is 0.417. The minimum absolute atomic E-state index is 0.728. The first-order chi connectivity index (χ1) is 5.79. The predicted octanol–water partition coefficient (Wildman–Crippen LogP) is 3.40. The smallest absolute Gasteiger partial charge is 0.0156 e. The van der Waals surface area contributed by atoms with Gasteiger partial charge in [-0.25, -0.2) is 0 Å². The average Bonchev–Trinajstić information content (AvgIpc) is 2.83. The molecule has 2 atom stereocenters. The minimum Gasteiger partial charge on any atom is -0.0622 e. The zero-order valence-electron chi connectivity index (χ0n) is 7.75. The molecule has 0 bridgehead atoms. The maximum absolute atomic E-state index is 2.33. The first-order valence-electron chi connectivity index (χ1n) is 4.66. The van der Waals surface area contributed by atoms with Crippen molar-refractivity contribution in [3.63, 3.8) is 0 Å². The highest BCUT2D eigenvalue weighted by molar-refractivity contribution is 5.26. The van der Waals surface area contributed by atoms with Gasteiger partial charge in [-0.1, -0.05) is 44.2 Å². The van der Waals surface area contributed by atoms with Crippen LogP contribution in [0.1, 0.15) is 31.7 Å². The summed E-state index contributed by atoms with van der Waals surface area (Å²) in [5.74, 6) is 3.27. The second kappa shape index (κ2) is 2.93. The van der Waals surface area contributed by atoms with Gasteiger partial charge in [0.15, 0.2) is 0 Å². The van der Waals surface area contributed by atoms with Gasteiger partial charge >= 0.3 is 0 Å². The molecule has 12 heavy (non-hydrogen) atoms. The Morgan fingerprint density at radius 2 is 1.83 bits per heavy atom. The van der Waals surface area contributed by atoms with Gasteiger partial charge in [-0.15, -0.1) is 0 Å². The fourth-order valence-corrected chi connectivity index (χ4v) is 1.88. The SMILES string of the molecule is C[C]1CC1[C@H](C)c1ccccc1. The Morgan fingerprint density at radius 3 is 2.33 bits per heavy atom. The Labute approximate surface area is 74.6 Å². The van der Waals surface area contributed by atoms with Gasteiger partial charge < -0.3 is 0 Å². The quantitative estimate of drug-likeness (QED) is 0.620. The lowest BCUT2D eigenvalue weighted by molar-refractivity contribution is 0.671. The molecule has 1 aliphatic rings. The average molecular weight is 159 g/mol. The van der Waals surface area contributed by atoms with Crippen LogP contribution >= 0.6 is 0 Å². The number of hydrogen-bond acceptors (Lipinski definition) is 0. The summed E-state index contributed by atoms with van der Waals surface area (Å²) in [6.45, 7) is 4.60. The topological polar surface area (TPSA) is 0 Å². The van der Waals surface area contributed by atoms with Crippen LogP contribution in [0.2, 0.25) is 0 Å². The molecule has 0 amide bonds. The molecule has 1 fully saturated rings. The van der Waals surface area contributed by atoms with Crippen LogP contribution < -0.4 is 0 Å². The lowest BCUT2D eigenvalue weighted by Gasteiger charge is -2.09. The molecule has 1 aromatic rings. The zero-order chi connectivity index (χ0) is 8.55. The number of rotatable bonds is 2. The summed E-state index contributed by atoms with van der Waals surface area (Å²) in [6, 6.07) is 10.8. The van der Waals surface area contributed by atoms with Gasteiger partial charge in [0, 0.05) is 0 Å². The monoisotopic (exact) mass is 159 g/mol. The molecule has 0 aliphatic heterocycles. The standard InChI is InChI=1S/C12H15/c1-9-8-12(9)10(2)11-6-4-3-5-7-11/h3-7,10,12H,8H2,1-2H3/t10-,12?/m1/s1. The van der Waals surface area contributed by atoms with Gasteiger partial charge in [-0.3, -0.25) is 0 Å². The Balaban J connectivity index is 2.10. The van der Waals surface area contributed by atoms with Crippen LogP contribution in [0.15, 0.2) is 30.3 Å². The summed E-state index contributed by atoms with van der Waals surface area (Å²) in [6.07, 6.45) is 1.34. The van der Waals surface area contributed by atoms with E-state index in [-0.39, 0.29) is 0 Å². The highest BCUT2D eigenvalue weighted by atomic mass is 14.4. The third-order valence-corrected chi connectivity index (χ3v) is 2.94. The van der Waals surface area contributed by atoms with E-state index in [1.807, 2.05) is 0 Å². The van der Waals surface area contributed by atoms with E-state index in [0.717, 1.165) is 11.8 Å². The highest BCUT2D eigenvalue weighted by Crippen LogP contribution is 2.49. The molecular formula is C12H15. The molecule has 1 saturated carbocycles. The highest BCUT2D eigenvalue weighted by Gasteiger charge is 2.37. The molecule has 0 nitrogen and oxygen atoms in total. The van der Waals surface area contributed by atoms with Crippen molar-refractivity contribution in [2.24, 2.45) is 5.92 Å². The Morgan fingerprint density at radius 1 is 1.25 bits per heavy atom. The largest absolute Gasteiger partial charge is 0.0622 e. The van der Waals surface area contributed by atoms with Crippen LogP contribution in [0.5, 0.6) is 0 Å². The Bertz CT molecular complexity index is 250. The van der Waals surface area contributed by atoms with Crippen LogP contribution in [0.4, 0.5) is 0 Å². The van der Waals surface area contributed by atoms with E-state index in [1.54, 1.807) is 5.92 Å². The van der Waals surface area contributed by atoms with Crippen molar-refractivity contribution in [1.82, 2.24) is 0 Å². The van der Waals surface area contributed by atoms with E-state index >= 15 is 0 Å². The van der Waals surface area contributed by atoms with Crippen LogP contribution in [0.3, 0.4) is 0 Å². The van der Waals surface area contributed by atoms with Gasteiger partial charge in [0.1, 0.15) is 0 Å². The van der Waals surface area contributed by atoms with Crippen molar-refractivity contribution in [3.05, 3.63) is 41.8 Å². The van der Waals surface area contributed by atoms with Crippen molar-refractivity contribution in [2.45, 2.75) is 26.2 Å². The van der Waals surface area contributed by atoms with Gasteiger partial charge in [0.2, 0.25) is 0 Å². The van der Waals surface area contributed by atoms with E-state index in [0.29, 0.717) is 0 Å². The maximum Gasteiger partial charge on any atom is -0.0156 e. The van der Waals surface area contributed by atoms with E-state index in [4.69, 9.17) is 0 Å². The van der Waals surface area contributed by atoms with Crippen LogP contribution in [-0.4, -0.2) is 0 Å². The molecule has 1 unspecified atom stereocenters. The molecule has 0 saturated heterocycles. The third-order valence-electron chi connectivity index (χ3n) is 2.94. The molecule has 1 aliphatic carbocycles. The number of hydrogen-bond donors (Lipinski definition) is 0. The molecule has 0 heterocycles. The molecule has 1 aromatic carbocycles. The normalized spacial score (nSPS) is 25.3. The molecule has 0 aromatic heterocycles. The van der Waals surface area contributed by atoms with Crippen molar-refractivity contribution in [2.75, 3.05) is 0 Å². The summed E-state index contributed by atoms with van der Waals surface area (Å²) in [4.78, 5) is 0. The summed E-state index contributed by atoms with van der Waals surface area (Å²) >= 11 is 0. The van der Waals surface area contributed by atoms with Crippen molar-refractivity contribution in [3.8, 4) is 0 Å². The molecular weight excluding hydrogens is 144 g/mol. The zero-order valence-corrected chi connectivity index (χ0v) is 7.75. The van der Waals surface area contributed by atoms with E-state index in [2.05, 4.69) is 44.2 Å². The van der Waals surface area contributed by atoms with Gasteiger partial charge in [-0.2, -0.15) is 0 Å². The first kappa shape index (κ1) is 7.85. The van der Waals surface area contributed by atoms with Crippen molar-refractivity contribution in [1.29, 1.82) is 0 Å². The molecule has 1 radical (unpaired) electrons. The fourth-order valence-electron chi connectivity index (χ4n) is 1.88. The Hall–Kier alpha value is -0.780. The number of benzene rings is 1. The van der Waals surface area contributed by atoms with Crippen LogP contribution in [-0.2, 0) is 0 Å². The summed E-state index contributed by atoms with van der Waals surface area (Å²) in [7, 11) is 0. The summed E-state index contributed by atoms with van der Waals surface area (Å²) in [5.41, 5.74) is 1.49. The van der Waals surface area contributed by atoms with Crippen molar-refractivity contribution >= 4 is 0 Å². The molecule has 63 valence electrons. The third kappa shape index (κ3) is 1.38. The summed E-state index contributed by atoms with van der Waals surface area (Å²) in [5, 5.41) is 0. The second-order valence-corrected chi connectivity index (χ2v) is 3.86. The van der Waals surface area contributed by atoms with Crippen LogP contribution in [0, 0.1) is 11.8 Å². The lowest BCUT2D eigenvalue weighted by Crippen LogP contribution is -1.95. The van der Waals surface area contributed by atoms with Crippen LogP contribution in [0.25, 0.3) is 0 Å². The molecule has 0 N–H and O–H groups in total. The van der Waals surface area contributed by atoms with Gasteiger partial charge in [0.05, 0.1) is 0 Å². The molecule has 2 rings (SSSR count). The van der Waals surface area contributed by atoms with Gasteiger partial charge in [0.25, 0.3) is 0 Å². The van der Waals surface area contributed by atoms with E-state index in [9.17, 15) is 0 Å². The maximum atomic E-state index is 2.33. The summed E-state index contributed by atoms with van der Waals surface area (Å²) < 4.78 is 0. The first-order valence-corrected chi connectivity index (χ1v) is 4.66.